The summed E-state index contributed by atoms with van der Waals surface area (Å²) in [7, 11) is 0. The number of anilines is 1. The van der Waals surface area contributed by atoms with Crippen LogP contribution in [-0.4, -0.2) is 47.2 Å². The topological polar surface area (TPSA) is 130 Å². The van der Waals surface area contributed by atoms with Crippen molar-refractivity contribution in [3.63, 3.8) is 0 Å². The molecule has 0 saturated carbocycles. The maximum absolute atomic E-state index is 13.0. The minimum absolute atomic E-state index is 0.101. The number of non-ortho nitro benzene ring substituents is 1. The highest BCUT2D eigenvalue weighted by Gasteiger charge is 2.23. The van der Waals surface area contributed by atoms with Gasteiger partial charge in [0.1, 0.15) is 6.04 Å². The van der Waals surface area contributed by atoms with E-state index in [1.54, 1.807) is 25.1 Å². The average Bonchev–Trinajstić information content (AvgIpc) is 2.81. The summed E-state index contributed by atoms with van der Waals surface area (Å²) >= 11 is 1.53. The third-order valence-corrected chi connectivity index (χ3v) is 5.61. The lowest BCUT2D eigenvalue weighted by Crippen LogP contribution is -2.44. The van der Waals surface area contributed by atoms with Crippen molar-refractivity contribution in [3.8, 4) is 0 Å². The number of amides is 3. The molecule has 2 aromatic carbocycles. The van der Waals surface area contributed by atoms with Crippen LogP contribution in [0.25, 0.3) is 0 Å². The lowest BCUT2D eigenvalue weighted by atomic mass is 10.1. The number of carbonyl (C=O) groups excluding carboxylic acids is 3. The molecule has 3 amide bonds. The quantitative estimate of drug-likeness (QED) is 0.327. The van der Waals surface area contributed by atoms with Gasteiger partial charge in [-0.25, -0.2) is 0 Å². The standard InChI is InChI=1S/C24H30N4O5S/c1-15(2)14-25-22(29)18-8-9-20(16(3)12-18)26-24(31)21(10-11-34-4)27-23(30)17-6-5-7-19(13-17)28(32)33/h5-9,12-13,15,21H,10-11,14H2,1-4H3,(H,25,29)(H,26,31)(H,27,30). The fourth-order valence-electron chi connectivity index (χ4n) is 3.07. The molecule has 2 rings (SSSR count). The van der Waals surface area contributed by atoms with Gasteiger partial charge in [-0.1, -0.05) is 19.9 Å². The van der Waals surface area contributed by atoms with Gasteiger partial charge in [-0.3, -0.25) is 24.5 Å². The highest BCUT2D eigenvalue weighted by atomic mass is 32.2. The highest BCUT2D eigenvalue weighted by molar-refractivity contribution is 7.98. The molecule has 3 N–H and O–H groups in total. The number of aryl methyl sites for hydroxylation is 1. The molecule has 0 spiro atoms. The number of nitro groups is 1. The third kappa shape index (κ3) is 7.87. The number of carbonyl (C=O) groups is 3. The van der Waals surface area contributed by atoms with E-state index in [-0.39, 0.29) is 17.2 Å². The lowest BCUT2D eigenvalue weighted by molar-refractivity contribution is -0.384. The summed E-state index contributed by atoms with van der Waals surface area (Å²) in [6.45, 7) is 6.37. The van der Waals surface area contributed by atoms with Crippen molar-refractivity contribution < 1.29 is 19.3 Å². The molecule has 0 radical (unpaired) electrons. The first kappa shape index (κ1) is 26.8. The van der Waals surface area contributed by atoms with Crippen LogP contribution in [0.3, 0.4) is 0 Å². The summed E-state index contributed by atoms with van der Waals surface area (Å²) in [5.41, 5.74) is 1.63. The first-order valence-corrected chi connectivity index (χ1v) is 12.3. The van der Waals surface area contributed by atoms with Gasteiger partial charge in [-0.15, -0.1) is 0 Å². The summed E-state index contributed by atoms with van der Waals surface area (Å²) in [6.07, 6.45) is 2.27. The van der Waals surface area contributed by atoms with Crippen molar-refractivity contribution >= 4 is 40.9 Å². The van der Waals surface area contributed by atoms with Crippen molar-refractivity contribution in [1.82, 2.24) is 10.6 Å². The lowest BCUT2D eigenvalue weighted by Gasteiger charge is -2.19. The molecule has 10 heteroatoms. The van der Waals surface area contributed by atoms with Gasteiger partial charge in [-0.2, -0.15) is 11.8 Å². The maximum atomic E-state index is 13.0. The van der Waals surface area contributed by atoms with E-state index in [2.05, 4.69) is 16.0 Å². The van der Waals surface area contributed by atoms with Crippen LogP contribution in [-0.2, 0) is 4.79 Å². The molecule has 0 aliphatic heterocycles. The summed E-state index contributed by atoms with van der Waals surface area (Å²) < 4.78 is 0. The normalized spacial score (nSPS) is 11.6. The van der Waals surface area contributed by atoms with Gasteiger partial charge < -0.3 is 16.0 Å². The Morgan fingerprint density at radius 1 is 1.06 bits per heavy atom. The van der Waals surface area contributed by atoms with Crippen molar-refractivity contribution in [2.45, 2.75) is 33.2 Å². The van der Waals surface area contributed by atoms with E-state index in [9.17, 15) is 24.5 Å². The molecule has 0 aliphatic rings. The van der Waals surface area contributed by atoms with E-state index in [1.165, 1.54) is 36.0 Å². The summed E-state index contributed by atoms with van der Waals surface area (Å²) in [4.78, 5) is 48.4. The van der Waals surface area contributed by atoms with E-state index in [1.807, 2.05) is 20.1 Å². The SMILES string of the molecule is CSCCC(NC(=O)c1cccc([N+](=O)[O-])c1)C(=O)Nc1ccc(C(=O)NCC(C)C)cc1C. The number of rotatable bonds is 11. The van der Waals surface area contributed by atoms with Gasteiger partial charge in [0.05, 0.1) is 4.92 Å². The van der Waals surface area contributed by atoms with Crippen LogP contribution in [0.2, 0.25) is 0 Å². The number of nitrogens with zero attached hydrogens (tertiary/aromatic N) is 1. The Hall–Kier alpha value is -3.40. The molecule has 0 heterocycles. The van der Waals surface area contributed by atoms with E-state index in [0.717, 1.165) is 0 Å². The highest BCUT2D eigenvalue weighted by Crippen LogP contribution is 2.18. The van der Waals surface area contributed by atoms with Crippen LogP contribution in [0, 0.1) is 23.0 Å². The van der Waals surface area contributed by atoms with E-state index in [0.29, 0.717) is 41.5 Å². The van der Waals surface area contributed by atoms with Crippen molar-refractivity contribution in [3.05, 3.63) is 69.3 Å². The molecule has 34 heavy (non-hydrogen) atoms. The van der Waals surface area contributed by atoms with Gasteiger partial charge in [-0.05, 0) is 61.1 Å². The van der Waals surface area contributed by atoms with E-state index >= 15 is 0 Å². The third-order valence-electron chi connectivity index (χ3n) is 4.97. The predicted octanol–water partition coefficient (Wildman–Crippen LogP) is 3.78. The number of benzene rings is 2. The van der Waals surface area contributed by atoms with Crippen LogP contribution >= 0.6 is 11.8 Å². The Labute approximate surface area is 203 Å². The minimum atomic E-state index is -0.840. The van der Waals surface area contributed by atoms with Crippen molar-refractivity contribution in [2.75, 3.05) is 23.9 Å². The van der Waals surface area contributed by atoms with Crippen molar-refractivity contribution in [2.24, 2.45) is 5.92 Å². The molecular weight excluding hydrogens is 456 g/mol. The van der Waals surface area contributed by atoms with Gasteiger partial charge in [0.25, 0.3) is 17.5 Å². The van der Waals surface area contributed by atoms with Crippen LogP contribution in [0.15, 0.2) is 42.5 Å². The molecule has 9 nitrogen and oxygen atoms in total. The number of nitro benzene ring substituents is 1. The largest absolute Gasteiger partial charge is 0.352 e. The summed E-state index contributed by atoms with van der Waals surface area (Å²) in [5.74, 6) is -0.205. The molecule has 0 aromatic heterocycles. The second-order valence-corrected chi connectivity index (χ2v) is 9.22. The predicted molar refractivity (Wildman–Crippen MR) is 134 cm³/mol. The number of hydrogen-bond acceptors (Lipinski definition) is 6. The van der Waals surface area contributed by atoms with Gasteiger partial charge >= 0.3 is 0 Å². The number of thioether (sulfide) groups is 1. The maximum Gasteiger partial charge on any atom is 0.270 e. The number of nitrogens with one attached hydrogen (secondary N) is 3. The fraction of sp³-hybridized carbons (Fsp3) is 0.375. The van der Waals surface area contributed by atoms with Gasteiger partial charge in [0, 0.05) is 35.5 Å². The smallest absolute Gasteiger partial charge is 0.270 e. The second-order valence-electron chi connectivity index (χ2n) is 8.24. The monoisotopic (exact) mass is 486 g/mol. The van der Waals surface area contributed by atoms with Gasteiger partial charge in [0.2, 0.25) is 5.91 Å². The van der Waals surface area contributed by atoms with Gasteiger partial charge in [0.15, 0.2) is 0 Å². The molecular formula is C24H30N4O5S. The van der Waals surface area contributed by atoms with Crippen molar-refractivity contribution in [1.29, 1.82) is 0 Å². The molecule has 182 valence electrons. The molecule has 2 aromatic rings. The van der Waals surface area contributed by atoms with Crippen LogP contribution in [0.4, 0.5) is 11.4 Å². The molecule has 1 unspecified atom stereocenters. The zero-order chi connectivity index (χ0) is 25.3. The summed E-state index contributed by atoms with van der Waals surface area (Å²) in [5, 5.41) is 19.4. The molecule has 1 atom stereocenters. The first-order chi connectivity index (χ1) is 16.1. The Kier molecular flexibility index (Phi) is 10.1. The Balaban J connectivity index is 2.13. The molecule has 0 saturated heterocycles. The Morgan fingerprint density at radius 3 is 2.38 bits per heavy atom. The van der Waals surface area contributed by atoms with E-state index < -0.39 is 22.8 Å². The Morgan fingerprint density at radius 2 is 1.76 bits per heavy atom. The zero-order valence-corrected chi connectivity index (χ0v) is 20.5. The minimum Gasteiger partial charge on any atom is -0.352 e. The van der Waals surface area contributed by atoms with Crippen LogP contribution < -0.4 is 16.0 Å². The molecule has 0 fully saturated rings. The second kappa shape index (κ2) is 12.7. The summed E-state index contributed by atoms with van der Waals surface area (Å²) in [6, 6.07) is 9.50. The Bertz CT molecular complexity index is 1060. The average molecular weight is 487 g/mol. The van der Waals surface area contributed by atoms with Crippen LogP contribution in [0.1, 0.15) is 46.5 Å². The fourth-order valence-corrected chi connectivity index (χ4v) is 3.54. The first-order valence-electron chi connectivity index (χ1n) is 10.9. The van der Waals surface area contributed by atoms with E-state index in [4.69, 9.17) is 0 Å². The molecule has 0 bridgehead atoms. The molecule has 0 aliphatic carbocycles. The number of hydrogen-bond donors (Lipinski definition) is 3. The zero-order valence-electron chi connectivity index (χ0n) is 19.7. The van der Waals surface area contributed by atoms with Crippen LogP contribution in [0.5, 0.6) is 0 Å².